The van der Waals surface area contributed by atoms with Crippen LogP contribution in [0.1, 0.15) is 29.8 Å². The van der Waals surface area contributed by atoms with Crippen molar-refractivity contribution in [2.45, 2.75) is 26.3 Å². The zero-order valence-electron chi connectivity index (χ0n) is 14.4. The molecule has 0 aliphatic carbocycles. The van der Waals surface area contributed by atoms with Crippen molar-refractivity contribution >= 4 is 16.5 Å². The number of nitriles is 1. The van der Waals surface area contributed by atoms with Crippen molar-refractivity contribution in [3.05, 3.63) is 59.7 Å². The number of rotatable bonds is 3. The van der Waals surface area contributed by atoms with E-state index in [0.717, 1.165) is 47.4 Å². The van der Waals surface area contributed by atoms with Crippen molar-refractivity contribution in [2.24, 2.45) is 0 Å². The average Bonchev–Trinajstić information content (AvgIpc) is 3.06. The van der Waals surface area contributed by atoms with Gasteiger partial charge in [-0.1, -0.05) is 24.3 Å². The monoisotopic (exact) mass is 331 g/mol. The maximum atomic E-state index is 9.40. The first-order chi connectivity index (χ1) is 12.3. The molecule has 3 aromatic rings. The van der Waals surface area contributed by atoms with Gasteiger partial charge in [0.2, 0.25) is 0 Å². The third-order valence-corrected chi connectivity index (χ3v) is 4.94. The second-order valence-electron chi connectivity index (χ2n) is 6.48. The minimum Gasteiger partial charge on any atom is -0.348 e. The molecule has 0 unspecified atom stereocenters. The number of aryl methyl sites for hydroxylation is 1. The molecule has 5 nitrogen and oxygen atoms in total. The van der Waals surface area contributed by atoms with Gasteiger partial charge in [-0.15, -0.1) is 0 Å². The molecule has 1 aliphatic heterocycles. The summed E-state index contributed by atoms with van der Waals surface area (Å²) >= 11 is 0. The topological polar surface area (TPSA) is 59.0 Å². The van der Waals surface area contributed by atoms with E-state index in [2.05, 4.69) is 45.1 Å². The van der Waals surface area contributed by atoms with Gasteiger partial charge in [0.05, 0.1) is 35.9 Å². The number of aromatic amines is 1. The summed E-state index contributed by atoms with van der Waals surface area (Å²) in [5.41, 5.74) is 4.11. The molecule has 1 N–H and O–H groups in total. The molecule has 1 aromatic heterocycles. The van der Waals surface area contributed by atoms with Crippen LogP contribution >= 0.6 is 0 Å². The Morgan fingerprint density at radius 2 is 1.92 bits per heavy atom. The molecule has 0 atom stereocenters. The van der Waals surface area contributed by atoms with E-state index >= 15 is 0 Å². The minimum absolute atomic E-state index is 0.728. The second kappa shape index (κ2) is 6.58. The standard InChI is InChI=1S/C20H21N5/c1-15-19(23-14-22-15)13-24-10-4-5-11-25(24)20-9-8-16(12-21)17-6-2-3-7-18(17)20/h2-3,6-9,14H,4-5,10-11,13H2,1H3,(H,22,23). The number of nitrogens with one attached hydrogen (secondary N) is 1. The van der Waals surface area contributed by atoms with Gasteiger partial charge in [0.15, 0.2) is 0 Å². The molecule has 2 aromatic carbocycles. The highest BCUT2D eigenvalue weighted by Gasteiger charge is 2.23. The molecule has 1 fully saturated rings. The van der Waals surface area contributed by atoms with Crippen LogP contribution in [0, 0.1) is 18.3 Å². The molecule has 0 saturated carbocycles. The fraction of sp³-hybridized carbons (Fsp3) is 0.300. The van der Waals surface area contributed by atoms with Crippen LogP contribution in [-0.4, -0.2) is 28.1 Å². The third kappa shape index (κ3) is 2.86. The van der Waals surface area contributed by atoms with Crippen LogP contribution in [0.5, 0.6) is 0 Å². The first-order valence-corrected chi connectivity index (χ1v) is 8.71. The molecule has 126 valence electrons. The molecule has 0 bridgehead atoms. The lowest BCUT2D eigenvalue weighted by Gasteiger charge is -2.40. The number of H-pyrrole nitrogens is 1. The Balaban J connectivity index is 1.75. The smallest absolute Gasteiger partial charge is 0.0998 e. The number of hydrogen-bond acceptors (Lipinski definition) is 4. The van der Waals surface area contributed by atoms with Crippen molar-refractivity contribution in [1.82, 2.24) is 15.0 Å². The SMILES string of the molecule is Cc1[nH]cnc1CN1CCCCN1c1ccc(C#N)c2ccccc12. The number of aromatic nitrogens is 2. The lowest BCUT2D eigenvalue weighted by molar-refractivity contribution is 0.202. The number of hydrogen-bond donors (Lipinski definition) is 1. The van der Waals surface area contributed by atoms with Gasteiger partial charge in [0, 0.05) is 29.6 Å². The Morgan fingerprint density at radius 1 is 1.12 bits per heavy atom. The Bertz CT molecular complexity index is 937. The van der Waals surface area contributed by atoms with E-state index < -0.39 is 0 Å². The van der Waals surface area contributed by atoms with Gasteiger partial charge in [0.1, 0.15) is 0 Å². The zero-order valence-corrected chi connectivity index (χ0v) is 14.4. The van der Waals surface area contributed by atoms with Gasteiger partial charge in [-0.25, -0.2) is 9.99 Å². The highest BCUT2D eigenvalue weighted by molar-refractivity contribution is 5.97. The van der Waals surface area contributed by atoms with Crippen molar-refractivity contribution in [3.63, 3.8) is 0 Å². The van der Waals surface area contributed by atoms with Crippen LogP contribution in [-0.2, 0) is 6.54 Å². The lowest BCUT2D eigenvalue weighted by atomic mass is 10.0. The molecule has 0 amide bonds. The van der Waals surface area contributed by atoms with E-state index in [4.69, 9.17) is 0 Å². The van der Waals surface area contributed by atoms with E-state index in [9.17, 15) is 5.26 Å². The van der Waals surface area contributed by atoms with Crippen LogP contribution in [0.2, 0.25) is 0 Å². The number of anilines is 1. The van der Waals surface area contributed by atoms with Crippen molar-refractivity contribution in [3.8, 4) is 6.07 Å². The van der Waals surface area contributed by atoms with Gasteiger partial charge in [0.25, 0.3) is 0 Å². The molecule has 4 rings (SSSR count). The lowest BCUT2D eigenvalue weighted by Crippen LogP contribution is -2.47. The van der Waals surface area contributed by atoms with Gasteiger partial charge < -0.3 is 9.99 Å². The largest absolute Gasteiger partial charge is 0.348 e. The number of fused-ring (bicyclic) bond motifs is 1. The van der Waals surface area contributed by atoms with E-state index in [1.807, 2.05) is 24.3 Å². The number of benzene rings is 2. The summed E-state index contributed by atoms with van der Waals surface area (Å²) in [6.07, 6.45) is 4.12. The third-order valence-electron chi connectivity index (χ3n) is 4.94. The van der Waals surface area contributed by atoms with Crippen LogP contribution in [0.4, 0.5) is 5.69 Å². The fourth-order valence-electron chi connectivity index (χ4n) is 3.58. The molecule has 1 saturated heterocycles. The molecular weight excluding hydrogens is 310 g/mol. The maximum Gasteiger partial charge on any atom is 0.0998 e. The number of imidazole rings is 1. The molecule has 25 heavy (non-hydrogen) atoms. The Morgan fingerprint density at radius 3 is 2.68 bits per heavy atom. The van der Waals surface area contributed by atoms with Gasteiger partial charge in [-0.05, 0) is 31.9 Å². The molecule has 0 spiro atoms. The molecule has 5 heteroatoms. The van der Waals surface area contributed by atoms with Crippen molar-refractivity contribution in [1.29, 1.82) is 5.26 Å². The highest BCUT2D eigenvalue weighted by atomic mass is 15.6. The maximum absolute atomic E-state index is 9.40. The van der Waals surface area contributed by atoms with E-state index in [1.165, 1.54) is 18.5 Å². The van der Waals surface area contributed by atoms with Crippen LogP contribution in [0.3, 0.4) is 0 Å². The summed E-state index contributed by atoms with van der Waals surface area (Å²) in [4.78, 5) is 7.63. The predicted octanol–water partition coefficient (Wildman–Crippen LogP) is 3.76. The van der Waals surface area contributed by atoms with E-state index in [1.54, 1.807) is 6.33 Å². The second-order valence-corrected chi connectivity index (χ2v) is 6.48. The summed E-state index contributed by atoms with van der Waals surface area (Å²) in [5, 5.41) is 16.3. The summed E-state index contributed by atoms with van der Waals surface area (Å²) in [6.45, 7) is 4.86. The number of nitrogens with zero attached hydrogens (tertiary/aromatic N) is 4. The quantitative estimate of drug-likeness (QED) is 0.794. The van der Waals surface area contributed by atoms with Gasteiger partial charge >= 0.3 is 0 Å². The summed E-state index contributed by atoms with van der Waals surface area (Å²) in [5.74, 6) is 0. The van der Waals surface area contributed by atoms with Gasteiger partial charge in [-0.2, -0.15) is 5.26 Å². The Labute approximate surface area is 147 Å². The normalized spacial score (nSPS) is 15.4. The fourth-order valence-corrected chi connectivity index (χ4v) is 3.58. The summed E-state index contributed by atoms with van der Waals surface area (Å²) in [7, 11) is 0. The summed E-state index contributed by atoms with van der Waals surface area (Å²) in [6, 6.07) is 14.5. The average molecular weight is 331 g/mol. The van der Waals surface area contributed by atoms with E-state index in [-0.39, 0.29) is 0 Å². The summed E-state index contributed by atoms with van der Waals surface area (Å²) < 4.78 is 0. The van der Waals surface area contributed by atoms with Crippen molar-refractivity contribution < 1.29 is 0 Å². The van der Waals surface area contributed by atoms with E-state index in [0.29, 0.717) is 0 Å². The highest BCUT2D eigenvalue weighted by Crippen LogP contribution is 2.32. The number of hydrazine groups is 1. The molecular formula is C20H21N5. The Hall–Kier alpha value is -2.84. The minimum atomic E-state index is 0.728. The predicted molar refractivity (Wildman–Crippen MR) is 99.0 cm³/mol. The molecule has 0 radical (unpaired) electrons. The first kappa shape index (κ1) is 15.7. The van der Waals surface area contributed by atoms with Crippen LogP contribution in [0.15, 0.2) is 42.7 Å². The zero-order chi connectivity index (χ0) is 17.2. The van der Waals surface area contributed by atoms with Crippen molar-refractivity contribution in [2.75, 3.05) is 18.1 Å². The first-order valence-electron chi connectivity index (χ1n) is 8.71. The Kier molecular flexibility index (Phi) is 4.12. The van der Waals surface area contributed by atoms with Crippen LogP contribution in [0.25, 0.3) is 10.8 Å². The molecule has 1 aliphatic rings. The van der Waals surface area contributed by atoms with Gasteiger partial charge in [-0.3, -0.25) is 0 Å². The molecule has 2 heterocycles. The van der Waals surface area contributed by atoms with Crippen LogP contribution < -0.4 is 5.01 Å².